The number of fused-ring (bicyclic) bond motifs is 14. The molecule has 0 spiro atoms. The first-order valence-electron chi connectivity index (χ1n) is 12.2. The van der Waals surface area contributed by atoms with Gasteiger partial charge in [-0.2, -0.15) is 5.10 Å². The fourth-order valence-corrected chi connectivity index (χ4v) is 5.88. The monoisotopic (exact) mass is 486 g/mol. The molecule has 9 rings (SSSR count). The highest BCUT2D eigenvalue weighted by Crippen LogP contribution is 2.38. The predicted octanol–water partition coefficient (Wildman–Crippen LogP) is 6.07. The molecule has 0 aliphatic heterocycles. The smallest absolute Gasteiger partial charge is 0.144 e. The Labute approximate surface area is 213 Å². The minimum atomic E-state index is 0.597. The summed E-state index contributed by atoms with van der Waals surface area (Å²) in [7, 11) is 0. The van der Waals surface area contributed by atoms with Crippen molar-refractivity contribution in [2.45, 2.75) is 0 Å². The summed E-state index contributed by atoms with van der Waals surface area (Å²) in [5, 5.41) is 36.5. The summed E-state index contributed by atoms with van der Waals surface area (Å²) >= 11 is 0. The number of rotatable bonds is 0. The fourth-order valence-electron chi connectivity index (χ4n) is 5.88. The molecule has 0 amide bonds. The lowest BCUT2D eigenvalue weighted by Crippen LogP contribution is -1.97. The van der Waals surface area contributed by atoms with E-state index in [0.717, 1.165) is 70.3 Å². The van der Waals surface area contributed by atoms with Crippen LogP contribution in [0.1, 0.15) is 0 Å². The first-order chi connectivity index (χ1) is 18.8. The highest BCUT2D eigenvalue weighted by Gasteiger charge is 2.15. The van der Waals surface area contributed by atoms with Gasteiger partial charge < -0.3 is 0 Å². The third-order valence-corrected chi connectivity index (χ3v) is 7.53. The number of benzene rings is 5. The Hall–Kier alpha value is -5.50. The van der Waals surface area contributed by atoms with Crippen molar-refractivity contribution in [3.8, 4) is 0 Å². The van der Waals surface area contributed by atoms with Crippen molar-refractivity contribution in [1.82, 2.24) is 40.8 Å². The molecular formula is C30H14N8. The molecule has 9 aromatic rings. The largest absolute Gasteiger partial charge is 0.256 e. The van der Waals surface area contributed by atoms with Crippen molar-refractivity contribution >= 4 is 86.8 Å². The van der Waals surface area contributed by atoms with Gasteiger partial charge in [0.15, 0.2) is 0 Å². The van der Waals surface area contributed by atoms with Crippen LogP contribution in [0.25, 0.3) is 86.8 Å². The summed E-state index contributed by atoms with van der Waals surface area (Å²) < 4.78 is 0. The molecule has 8 heteroatoms. The summed E-state index contributed by atoms with van der Waals surface area (Å²) in [5.41, 5.74) is 3.86. The molecule has 0 N–H and O–H groups in total. The van der Waals surface area contributed by atoms with Crippen LogP contribution in [0.4, 0.5) is 0 Å². The normalized spacial score (nSPS) is 12.2. The van der Waals surface area contributed by atoms with E-state index in [9.17, 15) is 0 Å². The zero-order valence-corrected chi connectivity index (χ0v) is 19.7. The molecule has 0 radical (unpaired) electrons. The van der Waals surface area contributed by atoms with Crippen molar-refractivity contribution in [3.05, 3.63) is 85.3 Å². The summed E-state index contributed by atoms with van der Waals surface area (Å²) in [6, 6.07) is 23.5. The molecule has 0 unspecified atom stereocenters. The zero-order chi connectivity index (χ0) is 24.8. The van der Waals surface area contributed by atoms with Gasteiger partial charge in [0, 0.05) is 39.3 Å². The molecule has 0 aliphatic carbocycles. The first-order valence-corrected chi connectivity index (χ1v) is 12.2. The highest BCUT2D eigenvalue weighted by molar-refractivity contribution is 6.27. The molecule has 5 aromatic carbocycles. The van der Waals surface area contributed by atoms with Crippen LogP contribution in [0.15, 0.2) is 85.3 Å². The number of pyridine rings is 2. The van der Waals surface area contributed by atoms with Gasteiger partial charge in [0.2, 0.25) is 0 Å². The predicted molar refractivity (Wildman–Crippen MR) is 149 cm³/mol. The van der Waals surface area contributed by atoms with Gasteiger partial charge in [-0.25, -0.2) is 0 Å². The number of nitrogens with zero attached hydrogens (tertiary/aromatic N) is 8. The second kappa shape index (κ2) is 7.04. The lowest BCUT2D eigenvalue weighted by Gasteiger charge is -2.12. The van der Waals surface area contributed by atoms with E-state index >= 15 is 0 Å². The topological polar surface area (TPSA) is 103 Å². The van der Waals surface area contributed by atoms with E-state index in [0.29, 0.717) is 16.6 Å². The molecule has 4 aromatic heterocycles. The molecule has 0 aliphatic rings. The Morgan fingerprint density at radius 2 is 0.895 bits per heavy atom. The highest BCUT2D eigenvalue weighted by atomic mass is 15.4. The van der Waals surface area contributed by atoms with Gasteiger partial charge in [-0.15, -0.1) is 15.3 Å². The van der Waals surface area contributed by atoms with E-state index < -0.39 is 0 Å². The van der Waals surface area contributed by atoms with E-state index in [1.807, 2.05) is 30.6 Å². The van der Waals surface area contributed by atoms with E-state index in [2.05, 4.69) is 79.4 Å². The van der Waals surface area contributed by atoms with Gasteiger partial charge in [0.1, 0.15) is 16.6 Å². The maximum Gasteiger partial charge on any atom is 0.144 e. The summed E-state index contributed by atoms with van der Waals surface area (Å²) in [6.07, 6.45) is 5.38. The molecular weight excluding hydrogens is 472 g/mol. The summed E-state index contributed by atoms with van der Waals surface area (Å²) in [6.45, 7) is 0. The van der Waals surface area contributed by atoms with Gasteiger partial charge in [-0.05, 0) is 103 Å². The molecule has 4 heterocycles. The third-order valence-electron chi connectivity index (χ3n) is 7.53. The Morgan fingerprint density at radius 3 is 1.61 bits per heavy atom. The quantitative estimate of drug-likeness (QED) is 0.188. The molecule has 38 heavy (non-hydrogen) atoms. The molecule has 0 fully saturated rings. The Balaban J connectivity index is 1.46. The minimum Gasteiger partial charge on any atom is -0.256 e. The van der Waals surface area contributed by atoms with Crippen LogP contribution in [0, 0.1) is 0 Å². The maximum atomic E-state index is 4.76. The van der Waals surface area contributed by atoms with Crippen molar-refractivity contribution in [1.29, 1.82) is 0 Å². The van der Waals surface area contributed by atoms with Crippen LogP contribution in [-0.4, -0.2) is 40.8 Å². The van der Waals surface area contributed by atoms with Crippen LogP contribution in [0.5, 0.6) is 0 Å². The van der Waals surface area contributed by atoms with Crippen molar-refractivity contribution in [2.24, 2.45) is 0 Å². The number of hydrogen-bond acceptors (Lipinski definition) is 8. The SMILES string of the molecule is c1cnc2c(c1)c1cc3cc4cc5c(cc4cc3cc1c1ncccc21)c1ccnnc1c1nnnnc51. The molecule has 0 saturated carbocycles. The Morgan fingerprint density at radius 1 is 0.368 bits per heavy atom. The van der Waals surface area contributed by atoms with Crippen LogP contribution in [0.2, 0.25) is 0 Å². The van der Waals surface area contributed by atoms with E-state index in [4.69, 9.17) is 9.97 Å². The second-order valence-corrected chi connectivity index (χ2v) is 9.51. The van der Waals surface area contributed by atoms with E-state index in [-0.39, 0.29) is 0 Å². The van der Waals surface area contributed by atoms with Crippen molar-refractivity contribution in [2.75, 3.05) is 0 Å². The second-order valence-electron chi connectivity index (χ2n) is 9.51. The molecule has 0 bridgehead atoms. The molecule has 174 valence electrons. The average Bonchev–Trinajstić information content (AvgIpc) is 2.99. The van der Waals surface area contributed by atoms with Crippen LogP contribution < -0.4 is 0 Å². The van der Waals surface area contributed by atoms with Crippen LogP contribution in [-0.2, 0) is 0 Å². The summed E-state index contributed by atoms with van der Waals surface area (Å²) in [5.74, 6) is 0. The van der Waals surface area contributed by atoms with Crippen LogP contribution in [0.3, 0.4) is 0 Å². The maximum absolute atomic E-state index is 4.76. The zero-order valence-electron chi connectivity index (χ0n) is 19.7. The third kappa shape index (κ3) is 2.53. The Kier molecular flexibility index (Phi) is 3.64. The Bertz CT molecular complexity index is 2130. The molecule has 0 atom stereocenters. The van der Waals surface area contributed by atoms with Gasteiger partial charge >= 0.3 is 0 Å². The lowest BCUT2D eigenvalue weighted by atomic mass is 9.93. The fraction of sp³-hybridized carbons (Fsp3) is 0. The van der Waals surface area contributed by atoms with E-state index in [1.54, 1.807) is 6.20 Å². The molecule has 0 saturated heterocycles. The van der Waals surface area contributed by atoms with Gasteiger partial charge in [0.25, 0.3) is 0 Å². The lowest BCUT2D eigenvalue weighted by molar-refractivity contribution is 0.799. The first kappa shape index (κ1) is 19.7. The number of hydrogen-bond donors (Lipinski definition) is 0. The van der Waals surface area contributed by atoms with Crippen molar-refractivity contribution in [3.63, 3.8) is 0 Å². The minimum absolute atomic E-state index is 0.597. The van der Waals surface area contributed by atoms with Crippen molar-refractivity contribution < 1.29 is 0 Å². The summed E-state index contributed by atoms with van der Waals surface area (Å²) in [4.78, 5) is 9.46. The van der Waals surface area contributed by atoms with Gasteiger partial charge in [-0.1, -0.05) is 6.07 Å². The van der Waals surface area contributed by atoms with Crippen LogP contribution >= 0.6 is 0 Å². The molecule has 8 nitrogen and oxygen atoms in total. The van der Waals surface area contributed by atoms with Gasteiger partial charge in [0.05, 0.1) is 17.2 Å². The standard InChI is InChI=1S/C30H14N8/c1-3-19-22-11-15-10-18-14-25-23(20-5-8-33-34-28(20)30-29(25)35-37-38-36-30)12-16(18)9-17(15)13-24(22)27-21(4-2-7-32-27)26(19)31-6-1/h1-14H. The van der Waals surface area contributed by atoms with E-state index in [1.165, 1.54) is 0 Å². The number of aromatic nitrogens is 8. The average molecular weight is 486 g/mol. The van der Waals surface area contributed by atoms with Gasteiger partial charge in [-0.3, -0.25) is 9.97 Å².